The molecule has 1 nitrogen and oxygen atoms in total. The lowest BCUT2D eigenvalue weighted by Crippen LogP contribution is -2.09. The summed E-state index contributed by atoms with van der Waals surface area (Å²) in [5.41, 5.74) is 2.86. The Kier molecular flexibility index (Phi) is 4.94. The van der Waals surface area contributed by atoms with Crippen LogP contribution in [0.3, 0.4) is 0 Å². The van der Waals surface area contributed by atoms with Gasteiger partial charge in [0.1, 0.15) is 0 Å². The summed E-state index contributed by atoms with van der Waals surface area (Å²) in [6.45, 7) is 3.27. The number of nitrogens with one attached hydrogen (secondary N) is 1. The second-order valence-electron chi connectivity index (χ2n) is 3.08. The van der Waals surface area contributed by atoms with Gasteiger partial charge in [-0.25, -0.2) is 0 Å². The summed E-state index contributed by atoms with van der Waals surface area (Å²) >= 11 is 1.98. The molecule has 2 heteroatoms. The highest BCUT2D eigenvalue weighted by Gasteiger charge is 1.95. The van der Waals surface area contributed by atoms with Gasteiger partial charge in [-0.05, 0) is 25.1 Å². The number of aryl methyl sites for hydroxylation is 1. The van der Waals surface area contributed by atoms with E-state index in [2.05, 4.69) is 36.5 Å². The smallest absolute Gasteiger partial charge is 0.0187 e. The van der Waals surface area contributed by atoms with Gasteiger partial charge in [0, 0.05) is 18.1 Å². The Hall–Kier alpha value is -0.470. The molecule has 1 aromatic rings. The van der Waals surface area contributed by atoms with Crippen LogP contribution in [0.5, 0.6) is 0 Å². The van der Waals surface area contributed by atoms with Gasteiger partial charge in [-0.15, -0.1) is 0 Å². The molecule has 1 N–H and O–H groups in total. The van der Waals surface area contributed by atoms with Crippen molar-refractivity contribution in [3.63, 3.8) is 0 Å². The van der Waals surface area contributed by atoms with Crippen LogP contribution >= 0.6 is 11.8 Å². The van der Waals surface area contributed by atoms with Gasteiger partial charge < -0.3 is 5.32 Å². The zero-order valence-corrected chi connectivity index (χ0v) is 9.16. The maximum Gasteiger partial charge on any atom is 0.0187 e. The van der Waals surface area contributed by atoms with Crippen molar-refractivity contribution in [2.24, 2.45) is 0 Å². The van der Waals surface area contributed by atoms with Crippen molar-refractivity contribution in [2.45, 2.75) is 12.7 Å². The molecule has 0 amide bonds. The molecule has 0 heterocycles. The molecule has 0 fully saturated rings. The van der Waals surface area contributed by atoms with Gasteiger partial charge in [0.15, 0.2) is 0 Å². The Balaban J connectivity index is 2.32. The summed E-state index contributed by atoms with van der Waals surface area (Å²) in [7, 11) is 1.99. The summed E-state index contributed by atoms with van der Waals surface area (Å²) in [4.78, 5) is 0. The van der Waals surface area contributed by atoms with E-state index >= 15 is 0 Å². The van der Waals surface area contributed by atoms with Crippen LogP contribution < -0.4 is 5.32 Å². The Labute approximate surface area is 84.9 Å². The Morgan fingerprint density at radius 1 is 1.31 bits per heavy atom. The summed E-state index contributed by atoms with van der Waals surface area (Å²) in [6, 6.07) is 8.59. The van der Waals surface area contributed by atoms with E-state index in [1.54, 1.807) is 0 Å². The summed E-state index contributed by atoms with van der Waals surface area (Å²) < 4.78 is 0. The van der Waals surface area contributed by atoms with Crippen molar-refractivity contribution in [1.82, 2.24) is 5.32 Å². The van der Waals surface area contributed by atoms with E-state index in [4.69, 9.17) is 0 Å². The van der Waals surface area contributed by atoms with Crippen LogP contribution in [-0.4, -0.2) is 19.3 Å². The Morgan fingerprint density at radius 2 is 2.08 bits per heavy atom. The molecular weight excluding hydrogens is 178 g/mol. The highest BCUT2D eigenvalue weighted by molar-refractivity contribution is 7.98. The van der Waals surface area contributed by atoms with E-state index in [-0.39, 0.29) is 0 Å². The molecule has 0 unspecified atom stereocenters. The van der Waals surface area contributed by atoms with Crippen LogP contribution in [0, 0.1) is 6.92 Å². The van der Waals surface area contributed by atoms with Gasteiger partial charge in [0.2, 0.25) is 0 Å². The van der Waals surface area contributed by atoms with Gasteiger partial charge in [-0.1, -0.05) is 24.3 Å². The van der Waals surface area contributed by atoms with E-state index in [0.717, 1.165) is 12.3 Å². The Morgan fingerprint density at radius 3 is 2.77 bits per heavy atom. The van der Waals surface area contributed by atoms with Crippen LogP contribution in [-0.2, 0) is 5.75 Å². The molecule has 0 aliphatic rings. The highest BCUT2D eigenvalue weighted by atomic mass is 32.2. The number of thioether (sulfide) groups is 1. The van der Waals surface area contributed by atoms with E-state index in [9.17, 15) is 0 Å². The van der Waals surface area contributed by atoms with Gasteiger partial charge >= 0.3 is 0 Å². The third-order valence-electron chi connectivity index (χ3n) is 2.02. The fourth-order valence-electron chi connectivity index (χ4n) is 1.13. The minimum atomic E-state index is 1.09. The molecule has 0 aliphatic heterocycles. The lowest BCUT2D eigenvalue weighted by Gasteiger charge is -2.04. The van der Waals surface area contributed by atoms with Gasteiger partial charge in [-0.3, -0.25) is 0 Å². The van der Waals surface area contributed by atoms with Gasteiger partial charge in [0.05, 0.1) is 0 Å². The molecule has 0 spiro atoms. The molecule has 0 aliphatic carbocycles. The largest absolute Gasteiger partial charge is 0.319 e. The first-order valence-corrected chi connectivity index (χ1v) is 5.77. The minimum Gasteiger partial charge on any atom is -0.319 e. The van der Waals surface area contributed by atoms with Crippen molar-refractivity contribution in [2.75, 3.05) is 19.3 Å². The van der Waals surface area contributed by atoms with Crippen molar-refractivity contribution >= 4 is 11.8 Å². The molecular formula is C11H17NS. The van der Waals surface area contributed by atoms with E-state index in [1.807, 2.05) is 18.8 Å². The molecule has 72 valence electrons. The monoisotopic (exact) mass is 195 g/mol. The molecule has 0 aromatic heterocycles. The maximum absolute atomic E-state index is 3.15. The SMILES string of the molecule is CNCCSCc1ccccc1C. The van der Waals surface area contributed by atoms with Crippen LogP contribution in [0.15, 0.2) is 24.3 Å². The number of benzene rings is 1. The zero-order chi connectivity index (χ0) is 9.52. The number of hydrogen-bond acceptors (Lipinski definition) is 2. The normalized spacial score (nSPS) is 10.3. The van der Waals surface area contributed by atoms with Crippen molar-refractivity contribution < 1.29 is 0 Å². The second kappa shape index (κ2) is 6.06. The maximum atomic E-state index is 3.15. The lowest BCUT2D eigenvalue weighted by atomic mass is 10.1. The first kappa shape index (κ1) is 10.6. The molecule has 1 rings (SSSR count). The van der Waals surface area contributed by atoms with Gasteiger partial charge in [0.25, 0.3) is 0 Å². The predicted octanol–water partition coefficient (Wildman–Crippen LogP) is 2.45. The quantitative estimate of drug-likeness (QED) is 0.724. The lowest BCUT2D eigenvalue weighted by molar-refractivity contribution is 0.871. The summed E-state index contributed by atoms with van der Waals surface area (Å²) in [5.74, 6) is 2.32. The molecule has 0 radical (unpaired) electrons. The third kappa shape index (κ3) is 3.83. The summed E-state index contributed by atoms with van der Waals surface area (Å²) in [5, 5.41) is 3.15. The number of hydrogen-bond donors (Lipinski definition) is 1. The topological polar surface area (TPSA) is 12.0 Å². The molecule has 0 saturated heterocycles. The van der Waals surface area contributed by atoms with Crippen molar-refractivity contribution in [3.05, 3.63) is 35.4 Å². The van der Waals surface area contributed by atoms with E-state index < -0.39 is 0 Å². The highest BCUT2D eigenvalue weighted by Crippen LogP contribution is 2.14. The number of rotatable bonds is 5. The standard InChI is InChI=1S/C11H17NS/c1-10-5-3-4-6-11(10)9-13-8-7-12-2/h3-6,12H,7-9H2,1-2H3. The third-order valence-corrected chi connectivity index (χ3v) is 3.02. The average Bonchev–Trinajstić information content (AvgIpc) is 2.15. The predicted molar refractivity (Wildman–Crippen MR) is 61.3 cm³/mol. The van der Waals surface area contributed by atoms with E-state index in [0.29, 0.717) is 0 Å². The van der Waals surface area contributed by atoms with Crippen LogP contribution in [0.1, 0.15) is 11.1 Å². The van der Waals surface area contributed by atoms with Crippen molar-refractivity contribution in [3.8, 4) is 0 Å². The van der Waals surface area contributed by atoms with E-state index in [1.165, 1.54) is 16.9 Å². The minimum absolute atomic E-state index is 1.09. The zero-order valence-electron chi connectivity index (χ0n) is 8.34. The van der Waals surface area contributed by atoms with Crippen LogP contribution in [0.25, 0.3) is 0 Å². The van der Waals surface area contributed by atoms with Crippen molar-refractivity contribution in [1.29, 1.82) is 0 Å². The Bertz CT molecular complexity index is 248. The molecule has 0 atom stereocenters. The molecule has 1 aromatic carbocycles. The van der Waals surface area contributed by atoms with Gasteiger partial charge in [-0.2, -0.15) is 11.8 Å². The summed E-state index contributed by atoms with van der Waals surface area (Å²) in [6.07, 6.45) is 0. The molecule has 0 bridgehead atoms. The second-order valence-corrected chi connectivity index (χ2v) is 4.19. The average molecular weight is 195 g/mol. The molecule has 13 heavy (non-hydrogen) atoms. The first-order valence-electron chi connectivity index (χ1n) is 4.61. The first-order chi connectivity index (χ1) is 6.34. The van der Waals surface area contributed by atoms with Crippen LogP contribution in [0.4, 0.5) is 0 Å². The fourth-order valence-corrected chi connectivity index (χ4v) is 2.16. The molecule has 0 saturated carbocycles. The fraction of sp³-hybridized carbons (Fsp3) is 0.455. The van der Waals surface area contributed by atoms with Crippen LogP contribution in [0.2, 0.25) is 0 Å².